The molecule has 1 amide bonds. The van der Waals surface area contributed by atoms with E-state index in [0.29, 0.717) is 29.0 Å². The Kier molecular flexibility index (Phi) is 5.63. The molecule has 0 spiro atoms. The van der Waals surface area contributed by atoms with E-state index in [4.69, 9.17) is 9.47 Å². The minimum absolute atomic E-state index is 0.0572. The van der Waals surface area contributed by atoms with Crippen molar-refractivity contribution in [2.24, 2.45) is 10.2 Å². The smallest absolute Gasteiger partial charge is 0.236 e. The standard InChI is InChI=1S/C13H14BrN3O3S/c1-3-20-11-4-8(9(14)5-10(11)19-2)6-15-17-13-16-12(18)7-21-13/h4-6H,3,7H2,1-2H3,(H,16,17,18). The van der Waals surface area contributed by atoms with Crippen LogP contribution in [0.25, 0.3) is 0 Å². The zero-order valence-electron chi connectivity index (χ0n) is 11.6. The van der Waals surface area contributed by atoms with Crippen molar-refractivity contribution in [2.45, 2.75) is 6.92 Å². The van der Waals surface area contributed by atoms with Gasteiger partial charge >= 0.3 is 0 Å². The fourth-order valence-corrected chi connectivity index (χ4v) is 2.66. The molecule has 1 heterocycles. The number of ether oxygens (including phenoxy) is 2. The Bertz CT molecular complexity index is 605. The Morgan fingerprint density at radius 3 is 2.90 bits per heavy atom. The van der Waals surface area contributed by atoms with Crippen molar-refractivity contribution in [3.8, 4) is 11.5 Å². The number of nitrogens with zero attached hydrogens (tertiary/aromatic N) is 2. The van der Waals surface area contributed by atoms with Gasteiger partial charge in [-0.2, -0.15) is 5.10 Å². The highest BCUT2D eigenvalue weighted by Gasteiger charge is 2.16. The molecule has 8 heteroatoms. The summed E-state index contributed by atoms with van der Waals surface area (Å²) >= 11 is 4.77. The van der Waals surface area contributed by atoms with Crippen LogP contribution in [0.5, 0.6) is 11.5 Å². The third-order valence-electron chi connectivity index (χ3n) is 2.51. The van der Waals surface area contributed by atoms with E-state index in [0.717, 1.165) is 10.0 Å². The van der Waals surface area contributed by atoms with Gasteiger partial charge in [0.15, 0.2) is 16.7 Å². The molecule has 1 aromatic rings. The Labute approximate surface area is 135 Å². The molecule has 0 unspecified atom stereocenters. The van der Waals surface area contributed by atoms with Crippen molar-refractivity contribution < 1.29 is 14.3 Å². The molecule has 112 valence electrons. The number of benzene rings is 1. The maximum Gasteiger partial charge on any atom is 0.236 e. The summed E-state index contributed by atoms with van der Waals surface area (Å²) in [5.41, 5.74) is 0.804. The van der Waals surface area contributed by atoms with Crippen molar-refractivity contribution in [2.75, 3.05) is 19.5 Å². The zero-order chi connectivity index (χ0) is 15.2. The minimum atomic E-state index is -0.0572. The number of hydrogen-bond donors (Lipinski definition) is 1. The predicted molar refractivity (Wildman–Crippen MR) is 87.5 cm³/mol. The second-order valence-electron chi connectivity index (χ2n) is 3.94. The number of thioether (sulfide) groups is 1. The van der Waals surface area contributed by atoms with Crippen LogP contribution in [0.3, 0.4) is 0 Å². The van der Waals surface area contributed by atoms with Gasteiger partial charge in [-0.25, -0.2) is 0 Å². The summed E-state index contributed by atoms with van der Waals surface area (Å²) in [6.45, 7) is 2.45. The summed E-state index contributed by atoms with van der Waals surface area (Å²) in [5, 5.41) is 11.0. The lowest BCUT2D eigenvalue weighted by Crippen LogP contribution is -2.19. The quantitative estimate of drug-likeness (QED) is 0.637. The average Bonchev–Trinajstić information content (AvgIpc) is 2.87. The van der Waals surface area contributed by atoms with Crippen LogP contribution in [0.2, 0.25) is 0 Å². The zero-order valence-corrected chi connectivity index (χ0v) is 14.0. The van der Waals surface area contributed by atoms with E-state index in [1.165, 1.54) is 11.8 Å². The summed E-state index contributed by atoms with van der Waals surface area (Å²) in [6.07, 6.45) is 1.59. The van der Waals surface area contributed by atoms with Crippen molar-refractivity contribution in [3.05, 3.63) is 22.2 Å². The van der Waals surface area contributed by atoms with Crippen LogP contribution in [-0.2, 0) is 4.79 Å². The third-order valence-corrected chi connectivity index (χ3v) is 4.06. The molecule has 0 atom stereocenters. The molecule has 6 nitrogen and oxygen atoms in total. The lowest BCUT2D eigenvalue weighted by molar-refractivity contribution is -0.116. The Hall–Kier alpha value is -1.54. The Morgan fingerprint density at radius 2 is 2.29 bits per heavy atom. The molecule has 0 radical (unpaired) electrons. The normalized spacial score (nSPS) is 16.5. The highest BCUT2D eigenvalue weighted by atomic mass is 79.9. The van der Waals surface area contributed by atoms with E-state index in [1.54, 1.807) is 13.3 Å². The van der Waals surface area contributed by atoms with E-state index in [9.17, 15) is 4.79 Å². The molecule has 0 aliphatic carbocycles. The lowest BCUT2D eigenvalue weighted by atomic mass is 10.2. The molecule has 0 aromatic heterocycles. The van der Waals surface area contributed by atoms with E-state index in [2.05, 4.69) is 31.4 Å². The average molecular weight is 372 g/mol. The van der Waals surface area contributed by atoms with E-state index in [1.807, 2.05) is 19.1 Å². The third kappa shape index (κ3) is 4.21. The first-order valence-corrected chi connectivity index (χ1v) is 7.96. The number of carbonyl (C=O) groups is 1. The summed E-state index contributed by atoms with van der Waals surface area (Å²) in [6, 6.07) is 3.63. The first kappa shape index (κ1) is 15.8. The van der Waals surface area contributed by atoms with Crippen LogP contribution in [0.4, 0.5) is 0 Å². The monoisotopic (exact) mass is 371 g/mol. The molecule has 1 aliphatic rings. The summed E-state index contributed by atoms with van der Waals surface area (Å²) in [5.74, 6) is 1.61. The van der Waals surface area contributed by atoms with Gasteiger partial charge in [-0.1, -0.05) is 11.8 Å². The first-order valence-electron chi connectivity index (χ1n) is 6.18. The van der Waals surface area contributed by atoms with Gasteiger partial charge < -0.3 is 14.8 Å². The first-order chi connectivity index (χ1) is 10.1. The molecule has 1 aliphatic heterocycles. The number of amidine groups is 1. The second-order valence-corrected chi connectivity index (χ2v) is 5.76. The number of hydrogen-bond acceptors (Lipinski definition) is 6. The molecule has 21 heavy (non-hydrogen) atoms. The van der Waals surface area contributed by atoms with Crippen molar-refractivity contribution in [3.63, 3.8) is 0 Å². The predicted octanol–water partition coefficient (Wildman–Crippen LogP) is 2.41. The Morgan fingerprint density at radius 1 is 1.48 bits per heavy atom. The van der Waals surface area contributed by atoms with Crippen LogP contribution in [0.15, 0.2) is 26.8 Å². The molecule has 0 saturated carbocycles. The topological polar surface area (TPSA) is 72.3 Å². The molecular weight excluding hydrogens is 358 g/mol. The van der Waals surface area contributed by atoms with E-state index >= 15 is 0 Å². The van der Waals surface area contributed by atoms with Crippen LogP contribution < -0.4 is 14.8 Å². The maximum atomic E-state index is 11.0. The summed E-state index contributed by atoms with van der Waals surface area (Å²) in [4.78, 5) is 11.0. The van der Waals surface area contributed by atoms with Crippen molar-refractivity contribution >= 4 is 45.0 Å². The number of nitrogens with one attached hydrogen (secondary N) is 1. The maximum absolute atomic E-state index is 11.0. The van der Waals surface area contributed by atoms with Gasteiger partial charge in [-0.3, -0.25) is 4.79 Å². The Balaban J connectivity index is 2.19. The van der Waals surface area contributed by atoms with Crippen LogP contribution in [-0.4, -0.2) is 36.8 Å². The highest BCUT2D eigenvalue weighted by Crippen LogP contribution is 2.32. The van der Waals surface area contributed by atoms with Crippen molar-refractivity contribution in [1.82, 2.24) is 5.32 Å². The fourth-order valence-electron chi connectivity index (χ4n) is 1.60. The van der Waals surface area contributed by atoms with Crippen LogP contribution in [0, 0.1) is 0 Å². The van der Waals surface area contributed by atoms with Gasteiger partial charge in [0.05, 0.1) is 25.7 Å². The van der Waals surface area contributed by atoms with Gasteiger partial charge in [-0.05, 0) is 35.0 Å². The van der Waals surface area contributed by atoms with Gasteiger partial charge in [0.1, 0.15) is 0 Å². The molecule has 1 saturated heterocycles. The van der Waals surface area contributed by atoms with E-state index in [-0.39, 0.29) is 5.91 Å². The lowest BCUT2D eigenvalue weighted by Gasteiger charge is -2.10. The van der Waals surface area contributed by atoms with Crippen molar-refractivity contribution in [1.29, 1.82) is 0 Å². The number of halogens is 1. The van der Waals surface area contributed by atoms with Gasteiger partial charge in [0.25, 0.3) is 0 Å². The molecule has 1 fully saturated rings. The van der Waals surface area contributed by atoms with Gasteiger partial charge in [-0.15, -0.1) is 5.10 Å². The SMILES string of the molecule is CCOc1cc(C=NN=C2NC(=O)CS2)c(Br)cc1OC. The highest BCUT2D eigenvalue weighted by molar-refractivity contribution is 9.10. The minimum Gasteiger partial charge on any atom is -0.493 e. The molecule has 1 N–H and O–H groups in total. The molecule has 1 aromatic carbocycles. The molecule has 2 rings (SSSR count). The van der Waals surface area contributed by atoms with Crippen LogP contribution >= 0.6 is 27.7 Å². The van der Waals surface area contributed by atoms with Gasteiger partial charge in [0, 0.05) is 10.0 Å². The van der Waals surface area contributed by atoms with Crippen LogP contribution in [0.1, 0.15) is 12.5 Å². The largest absolute Gasteiger partial charge is 0.493 e. The molecule has 0 bridgehead atoms. The number of carbonyl (C=O) groups excluding carboxylic acids is 1. The number of amides is 1. The summed E-state index contributed by atoms with van der Waals surface area (Å²) in [7, 11) is 1.59. The fraction of sp³-hybridized carbons (Fsp3) is 0.308. The van der Waals surface area contributed by atoms with E-state index < -0.39 is 0 Å². The number of rotatable bonds is 5. The molecular formula is C13H14BrN3O3S. The van der Waals surface area contributed by atoms with Gasteiger partial charge in [0.2, 0.25) is 5.91 Å². The second kappa shape index (κ2) is 7.46. The number of methoxy groups -OCH3 is 1. The summed E-state index contributed by atoms with van der Waals surface area (Å²) < 4.78 is 11.6.